The van der Waals surface area contributed by atoms with Crippen molar-refractivity contribution < 1.29 is 9.21 Å². The number of H-pyrrole nitrogens is 1. The third kappa shape index (κ3) is 2.63. The molecular formula is C12H12N2O3. The summed E-state index contributed by atoms with van der Waals surface area (Å²) in [5.74, 6) is 0.544. The third-order valence-electron chi connectivity index (χ3n) is 2.35. The summed E-state index contributed by atoms with van der Waals surface area (Å²) in [5.41, 5.74) is 0.217. The number of carbonyl (C=O) groups is 1. The van der Waals surface area contributed by atoms with E-state index < -0.39 is 0 Å². The van der Waals surface area contributed by atoms with Crippen molar-refractivity contribution in [2.75, 3.05) is 7.05 Å². The number of hydrogen-bond acceptors (Lipinski definition) is 3. The highest BCUT2D eigenvalue weighted by molar-refractivity contribution is 5.93. The average molecular weight is 232 g/mol. The van der Waals surface area contributed by atoms with E-state index in [4.69, 9.17) is 4.42 Å². The molecule has 1 N–H and O–H groups in total. The smallest absolute Gasteiger partial charge is 0.255 e. The lowest BCUT2D eigenvalue weighted by Gasteiger charge is -2.15. The minimum atomic E-state index is -0.227. The Balaban J connectivity index is 2.09. The van der Waals surface area contributed by atoms with Gasteiger partial charge < -0.3 is 14.3 Å². The van der Waals surface area contributed by atoms with E-state index in [0.717, 1.165) is 0 Å². The number of nitrogens with one attached hydrogen (secondary N) is 1. The van der Waals surface area contributed by atoms with Crippen LogP contribution in [-0.4, -0.2) is 22.8 Å². The van der Waals surface area contributed by atoms with Crippen molar-refractivity contribution in [3.05, 3.63) is 58.4 Å². The van der Waals surface area contributed by atoms with E-state index >= 15 is 0 Å². The molecule has 5 heteroatoms. The molecule has 2 aromatic heterocycles. The normalized spacial score (nSPS) is 10.2. The van der Waals surface area contributed by atoms with Crippen LogP contribution < -0.4 is 5.56 Å². The molecule has 0 aliphatic rings. The minimum Gasteiger partial charge on any atom is -0.467 e. The lowest BCUT2D eigenvalue weighted by molar-refractivity contribution is 0.0775. The first kappa shape index (κ1) is 11.2. The Hall–Kier alpha value is -2.30. The van der Waals surface area contributed by atoms with Crippen molar-refractivity contribution in [2.24, 2.45) is 0 Å². The molecule has 2 aromatic rings. The van der Waals surface area contributed by atoms with E-state index in [0.29, 0.717) is 17.9 Å². The van der Waals surface area contributed by atoms with Crippen molar-refractivity contribution in [2.45, 2.75) is 6.54 Å². The average Bonchev–Trinajstić information content (AvgIpc) is 2.82. The van der Waals surface area contributed by atoms with E-state index in [9.17, 15) is 9.59 Å². The molecule has 0 atom stereocenters. The predicted octanol–water partition coefficient (Wildman–Crippen LogP) is 1.24. The molecule has 17 heavy (non-hydrogen) atoms. The quantitative estimate of drug-likeness (QED) is 0.865. The monoisotopic (exact) mass is 232 g/mol. The molecule has 0 bridgehead atoms. The zero-order valence-corrected chi connectivity index (χ0v) is 9.34. The second kappa shape index (κ2) is 4.69. The molecule has 0 saturated carbocycles. The molecule has 0 aliphatic carbocycles. The molecule has 2 heterocycles. The molecule has 0 unspecified atom stereocenters. The number of amides is 1. The van der Waals surface area contributed by atoms with Gasteiger partial charge in [0, 0.05) is 19.3 Å². The summed E-state index contributed by atoms with van der Waals surface area (Å²) in [4.78, 5) is 26.8. The molecule has 5 nitrogen and oxygen atoms in total. The summed E-state index contributed by atoms with van der Waals surface area (Å²) in [6.45, 7) is 0.394. The number of hydrogen-bond donors (Lipinski definition) is 1. The summed E-state index contributed by atoms with van der Waals surface area (Å²) in [5, 5.41) is 0. The summed E-state index contributed by atoms with van der Waals surface area (Å²) < 4.78 is 5.16. The maximum Gasteiger partial charge on any atom is 0.255 e. The predicted molar refractivity (Wildman–Crippen MR) is 61.6 cm³/mol. The number of aromatic nitrogens is 1. The zero-order chi connectivity index (χ0) is 12.3. The number of carbonyl (C=O) groups excluding carboxylic acids is 1. The minimum absolute atomic E-state index is 0.169. The van der Waals surface area contributed by atoms with Gasteiger partial charge in [0.05, 0.1) is 18.4 Å². The first-order valence-corrected chi connectivity index (χ1v) is 5.13. The van der Waals surface area contributed by atoms with Crippen LogP contribution in [0.4, 0.5) is 0 Å². The highest BCUT2D eigenvalue weighted by Gasteiger charge is 2.12. The van der Waals surface area contributed by atoms with E-state index in [1.807, 2.05) is 0 Å². The topological polar surface area (TPSA) is 66.3 Å². The van der Waals surface area contributed by atoms with Crippen LogP contribution in [-0.2, 0) is 6.54 Å². The Labute approximate surface area is 97.7 Å². The van der Waals surface area contributed by atoms with Crippen molar-refractivity contribution in [1.29, 1.82) is 0 Å². The van der Waals surface area contributed by atoms with Crippen LogP contribution in [0.3, 0.4) is 0 Å². The van der Waals surface area contributed by atoms with Gasteiger partial charge >= 0.3 is 0 Å². The standard InChI is InChI=1S/C12H12N2O3/c1-14(8-10-3-2-6-17-10)12(16)9-4-5-11(15)13-7-9/h2-7H,8H2,1H3,(H,13,15). The molecule has 1 amide bonds. The summed E-state index contributed by atoms with van der Waals surface area (Å²) in [7, 11) is 1.68. The van der Waals surface area contributed by atoms with E-state index in [2.05, 4.69) is 4.98 Å². The fourth-order valence-corrected chi connectivity index (χ4v) is 1.47. The van der Waals surface area contributed by atoms with Gasteiger partial charge in [0.15, 0.2) is 0 Å². The van der Waals surface area contributed by atoms with Gasteiger partial charge in [-0.2, -0.15) is 0 Å². The maximum absolute atomic E-state index is 11.9. The maximum atomic E-state index is 11.9. The zero-order valence-electron chi connectivity index (χ0n) is 9.34. The summed E-state index contributed by atoms with van der Waals surface area (Å²) in [6, 6.07) is 6.40. The van der Waals surface area contributed by atoms with Gasteiger partial charge in [-0.05, 0) is 18.2 Å². The largest absolute Gasteiger partial charge is 0.467 e. The lowest BCUT2D eigenvalue weighted by atomic mass is 10.2. The van der Waals surface area contributed by atoms with Gasteiger partial charge in [-0.3, -0.25) is 9.59 Å². The van der Waals surface area contributed by atoms with Crippen LogP contribution in [0, 0.1) is 0 Å². The summed E-state index contributed by atoms with van der Waals surface area (Å²) >= 11 is 0. The van der Waals surface area contributed by atoms with E-state index in [1.165, 1.54) is 23.2 Å². The van der Waals surface area contributed by atoms with Gasteiger partial charge in [0.25, 0.3) is 5.91 Å². The Bertz CT molecular complexity index is 537. The highest BCUT2D eigenvalue weighted by Crippen LogP contribution is 2.07. The first-order chi connectivity index (χ1) is 8.16. The Morgan fingerprint density at radius 3 is 2.82 bits per heavy atom. The van der Waals surface area contributed by atoms with Gasteiger partial charge in [-0.1, -0.05) is 0 Å². The second-order valence-electron chi connectivity index (χ2n) is 3.68. The number of rotatable bonds is 3. The molecule has 0 saturated heterocycles. The van der Waals surface area contributed by atoms with Crippen LogP contribution in [0.15, 0.2) is 45.9 Å². The second-order valence-corrected chi connectivity index (χ2v) is 3.68. The number of pyridine rings is 1. The van der Waals surface area contributed by atoms with Crippen LogP contribution in [0.1, 0.15) is 16.1 Å². The Morgan fingerprint density at radius 2 is 2.24 bits per heavy atom. The van der Waals surface area contributed by atoms with Crippen molar-refractivity contribution in [3.63, 3.8) is 0 Å². The van der Waals surface area contributed by atoms with Gasteiger partial charge in [0.2, 0.25) is 5.56 Å². The van der Waals surface area contributed by atoms with E-state index in [-0.39, 0.29) is 11.5 Å². The highest BCUT2D eigenvalue weighted by atomic mass is 16.3. The van der Waals surface area contributed by atoms with Gasteiger partial charge in [0.1, 0.15) is 5.76 Å². The molecule has 0 spiro atoms. The fourth-order valence-electron chi connectivity index (χ4n) is 1.47. The molecular weight excluding hydrogens is 220 g/mol. The SMILES string of the molecule is CN(Cc1ccco1)C(=O)c1ccc(=O)[nH]c1. The molecule has 88 valence electrons. The van der Waals surface area contributed by atoms with Crippen LogP contribution in [0.25, 0.3) is 0 Å². The molecule has 2 rings (SSSR count). The Kier molecular flexibility index (Phi) is 3.09. The third-order valence-corrected chi connectivity index (χ3v) is 2.35. The van der Waals surface area contributed by atoms with Gasteiger partial charge in [-0.15, -0.1) is 0 Å². The number of furan rings is 1. The van der Waals surface area contributed by atoms with E-state index in [1.54, 1.807) is 25.4 Å². The molecule has 0 fully saturated rings. The summed E-state index contributed by atoms with van der Waals surface area (Å²) in [6.07, 6.45) is 2.97. The number of aromatic amines is 1. The fraction of sp³-hybridized carbons (Fsp3) is 0.167. The number of nitrogens with zero attached hydrogens (tertiary/aromatic N) is 1. The van der Waals surface area contributed by atoms with Crippen molar-refractivity contribution in [3.8, 4) is 0 Å². The Morgan fingerprint density at radius 1 is 1.41 bits per heavy atom. The van der Waals surface area contributed by atoms with Crippen LogP contribution >= 0.6 is 0 Å². The van der Waals surface area contributed by atoms with Crippen molar-refractivity contribution in [1.82, 2.24) is 9.88 Å². The van der Waals surface area contributed by atoms with Crippen molar-refractivity contribution >= 4 is 5.91 Å². The van der Waals surface area contributed by atoms with Crippen LogP contribution in [0.2, 0.25) is 0 Å². The molecule has 0 aliphatic heterocycles. The first-order valence-electron chi connectivity index (χ1n) is 5.13. The molecule has 0 radical (unpaired) electrons. The van der Waals surface area contributed by atoms with Crippen LogP contribution in [0.5, 0.6) is 0 Å². The van der Waals surface area contributed by atoms with Gasteiger partial charge in [-0.25, -0.2) is 0 Å². The lowest BCUT2D eigenvalue weighted by Crippen LogP contribution is -2.26. The molecule has 0 aromatic carbocycles.